The van der Waals surface area contributed by atoms with E-state index in [0.29, 0.717) is 0 Å². The van der Waals surface area contributed by atoms with Gasteiger partial charge in [-0.2, -0.15) is 0 Å². The second kappa shape index (κ2) is 3.89. The third kappa shape index (κ3) is 3.60. The molecule has 0 saturated carbocycles. The summed E-state index contributed by atoms with van der Waals surface area (Å²) in [5.74, 6) is 0. The van der Waals surface area contributed by atoms with Crippen molar-refractivity contribution >= 4 is 23.2 Å². The minimum atomic E-state index is -6.36. The van der Waals surface area contributed by atoms with Crippen LogP contribution >= 0.6 is 0 Å². The Morgan fingerprint density at radius 1 is 0.467 bits per heavy atom. The van der Waals surface area contributed by atoms with E-state index in [4.69, 9.17) is 0 Å². The molecule has 0 N–H and O–H groups in total. The maximum absolute atomic E-state index is 11.9. The first kappa shape index (κ1) is 15.2. The Hall–Kier alpha value is 0.183. The Labute approximate surface area is 87.2 Å². The summed E-state index contributed by atoms with van der Waals surface area (Å²) in [5.41, 5.74) is 0. The molecule has 0 aromatic heterocycles. The van der Waals surface area contributed by atoms with E-state index in [1.165, 1.54) is 0 Å². The quantitative estimate of drug-likeness (QED) is 0.452. The van der Waals surface area contributed by atoms with Gasteiger partial charge >= 0.3 is 86.8 Å². The van der Waals surface area contributed by atoms with Crippen molar-refractivity contribution in [3.63, 3.8) is 0 Å². The summed E-state index contributed by atoms with van der Waals surface area (Å²) >= 11 is -5.48. The van der Waals surface area contributed by atoms with Crippen molar-refractivity contribution in [2.75, 3.05) is 0 Å². The zero-order valence-corrected chi connectivity index (χ0v) is 9.70. The van der Waals surface area contributed by atoms with E-state index in [2.05, 4.69) is 0 Å². The molecule has 0 saturated heterocycles. The van der Waals surface area contributed by atoms with Crippen molar-refractivity contribution in [2.45, 2.75) is 19.6 Å². The average molecular weight is 447 g/mol. The van der Waals surface area contributed by atoms with Gasteiger partial charge in [0.2, 0.25) is 0 Å². The van der Waals surface area contributed by atoms with E-state index in [-0.39, 0.29) is 0 Å². The van der Waals surface area contributed by atoms with Gasteiger partial charge in [0.05, 0.1) is 0 Å². The standard InChI is InChI=1S/2C2F5.Bi/c2*3-1(4)2(5,6)7;. The third-order valence-corrected chi connectivity index (χ3v) is 5.12. The molecule has 0 unspecified atom stereocenters. The van der Waals surface area contributed by atoms with Crippen LogP contribution in [0.15, 0.2) is 0 Å². The molecule has 15 heavy (non-hydrogen) atoms. The van der Waals surface area contributed by atoms with Gasteiger partial charge in [0.15, 0.2) is 0 Å². The SMILES string of the molecule is FC(F)(F)[C](F)(F)[Bi][C](F)(F)C(F)(F)F. The second-order valence-corrected chi connectivity index (χ2v) is 7.43. The predicted molar refractivity (Wildman–Crippen MR) is 27.8 cm³/mol. The molecule has 91 valence electrons. The van der Waals surface area contributed by atoms with Crippen LogP contribution in [-0.2, 0) is 0 Å². The molecule has 0 aromatic carbocycles. The molecule has 11 heteroatoms. The Morgan fingerprint density at radius 3 is 0.800 bits per heavy atom. The number of alkyl halides is 10. The molecule has 1 radical (unpaired) electrons. The van der Waals surface area contributed by atoms with Crippen LogP contribution in [-0.4, -0.2) is 42.8 Å². The average Bonchev–Trinajstić information content (AvgIpc) is 1.77. The number of halogens is 10. The van der Waals surface area contributed by atoms with Crippen LogP contribution in [0.4, 0.5) is 43.9 Å². The van der Waals surface area contributed by atoms with E-state index in [9.17, 15) is 43.9 Å². The molecule has 0 aliphatic carbocycles. The molecule has 0 spiro atoms. The van der Waals surface area contributed by atoms with Crippen LogP contribution < -0.4 is 0 Å². The van der Waals surface area contributed by atoms with Gasteiger partial charge in [0.25, 0.3) is 0 Å². The van der Waals surface area contributed by atoms with E-state index in [0.717, 1.165) is 0 Å². The van der Waals surface area contributed by atoms with Crippen LogP contribution in [0.2, 0.25) is 0 Å². The maximum atomic E-state index is 11.9. The molecule has 0 nitrogen and oxygen atoms in total. The molecule has 0 aliphatic rings. The Kier molecular flexibility index (Phi) is 3.93. The van der Waals surface area contributed by atoms with Crippen molar-refractivity contribution in [3.05, 3.63) is 0 Å². The Balaban J connectivity index is 4.89. The summed E-state index contributed by atoms with van der Waals surface area (Å²) < 4.78 is 104. The molecule has 0 bridgehead atoms. The van der Waals surface area contributed by atoms with Crippen molar-refractivity contribution in [1.29, 1.82) is 0 Å². The van der Waals surface area contributed by atoms with Crippen molar-refractivity contribution in [3.8, 4) is 0 Å². The zero-order chi connectivity index (χ0) is 12.7. The summed E-state index contributed by atoms with van der Waals surface area (Å²) in [4.78, 5) is 0. The molecule has 0 rings (SSSR count). The minimum absolute atomic E-state index is 5.48. The van der Waals surface area contributed by atoms with Crippen LogP contribution in [0.25, 0.3) is 0 Å². The fraction of sp³-hybridized carbons (Fsp3) is 1.00. The summed E-state index contributed by atoms with van der Waals surface area (Å²) in [6.07, 6.45) is -12.7. The normalized spacial score (nSPS) is 15.6. The van der Waals surface area contributed by atoms with E-state index in [1.54, 1.807) is 0 Å². The van der Waals surface area contributed by atoms with Gasteiger partial charge in [-0.1, -0.05) is 0 Å². The summed E-state index contributed by atoms with van der Waals surface area (Å²) in [7, 11) is 0. The van der Waals surface area contributed by atoms with E-state index < -0.39 is 42.8 Å². The number of hydrogen-bond donors (Lipinski definition) is 0. The summed E-state index contributed by atoms with van der Waals surface area (Å²) in [5, 5.41) is 0. The molecule has 0 heterocycles. The van der Waals surface area contributed by atoms with Gasteiger partial charge in [-0.05, 0) is 0 Å². The third-order valence-electron chi connectivity index (χ3n) is 0.963. The molecule has 0 amide bonds. The molecule has 0 atom stereocenters. The molecule has 0 aromatic rings. The van der Waals surface area contributed by atoms with Crippen molar-refractivity contribution < 1.29 is 43.9 Å². The summed E-state index contributed by atoms with van der Waals surface area (Å²) in [6, 6.07) is 0. The first-order chi connectivity index (χ1) is 6.21. The number of rotatable bonds is 2. The first-order valence-corrected chi connectivity index (χ1v) is 6.31. The van der Waals surface area contributed by atoms with Crippen LogP contribution in [0.5, 0.6) is 0 Å². The van der Waals surface area contributed by atoms with Gasteiger partial charge < -0.3 is 0 Å². The Bertz CT molecular complexity index is 199. The number of hydrogen-bond acceptors (Lipinski definition) is 0. The van der Waals surface area contributed by atoms with Crippen molar-refractivity contribution in [1.82, 2.24) is 0 Å². The fourth-order valence-electron chi connectivity index (χ4n) is 0.303. The topological polar surface area (TPSA) is 0 Å². The first-order valence-electron chi connectivity index (χ1n) is 2.84. The second-order valence-electron chi connectivity index (χ2n) is 2.19. The van der Waals surface area contributed by atoms with Crippen LogP contribution in [0.1, 0.15) is 0 Å². The monoisotopic (exact) mass is 447 g/mol. The van der Waals surface area contributed by atoms with Crippen LogP contribution in [0, 0.1) is 0 Å². The van der Waals surface area contributed by atoms with E-state index in [1.807, 2.05) is 0 Å². The van der Waals surface area contributed by atoms with Crippen LogP contribution in [0.3, 0.4) is 0 Å². The van der Waals surface area contributed by atoms with Crippen molar-refractivity contribution in [2.24, 2.45) is 0 Å². The Morgan fingerprint density at radius 2 is 0.667 bits per heavy atom. The zero-order valence-electron chi connectivity index (χ0n) is 6.23. The molecule has 0 fully saturated rings. The van der Waals surface area contributed by atoms with Gasteiger partial charge in [0.1, 0.15) is 0 Å². The van der Waals surface area contributed by atoms with Gasteiger partial charge in [0, 0.05) is 0 Å². The molecular formula is C4BiF10. The van der Waals surface area contributed by atoms with E-state index >= 15 is 0 Å². The fourth-order valence-corrected chi connectivity index (χ4v) is 2.66. The van der Waals surface area contributed by atoms with Gasteiger partial charge in [-0.3, -0.25) is 0 Å². The molecule has 0 aliphatic heterocycles. The van der Waals surface area contributed by atoms with Gasteiger partial charge in [-0.15, -0.1) is 0 Å². The summed E-state index contributed by atoms with van der Waals surface area (Å²) in [6.45, 7) is 0. The van der Waals surface area contributed by atoms with Gasteiger partial charge in [-0.25, -0.2) is 0 Å². The predicted octanol–water partition coefficient (Wildman–Crippen LogP) is 3.00. The molecular weight excluding hydrogens is 447 g/mol.